The molecule has 0 aromatic rings. The smallest absolute Gasteiger partial charge is 0.110 e. The van der Waals surface area contributed by atoms with E-state index in [1.165, 1.54) is 0 Å². The van der Waals surface area contributed by atoms with E-state index in [4.69, 9.17) is 5.73 Å². The van der Waals surface area contributed by atoms with Crippen molar-refractivity contribution < 1.29 is 0 Å². The molecule has 10 heavy (non-hydrogen) atoms. The van der Waals surface area contributed by atoms with Crippen LogP contribution in [0.15, 0.2) is 4.99 Å². The monoisotopic (exact) mass is 141 g/mol. The molecular weight excluding hydrogens is 126 g/mol. The Labute approximate surface area is 61.7 Å². The van der Waals surface area contributed by atoms with Crippen LogP contribution in [0.3, 0.4) is 0 Å². The van der Waals surface area contributed by atoms with Crippen LogP contribution in [0.1, 0.15) is 20.3 Å². The molecule has 0 radical (unpaired) electrons. The molecular formula is C7H15N3. The largest absolute Gasteiger partial charge is 0.368 e. The summed E-state index contributed by atoms with van der Waals surface area (Å²) in [4.78, 5) is 4.22. The maximum absolute atomic E-state index is 5.43. The molecule has 0 atom stereocenters. The highest BCUT2D eigenvalue weighted by atomic mass is 15.1. The third-order valence-corrected chi connectivity index (χ3v) is 1.72. The minimum atomic E-state index is 0.191. The molecule has 1 heterocycles. The van der Waals surface area contributed by atoms with Gasteiger partial charge >= 0.3 is 0 Å². The average molecular weight is 141 g/mol. The van der Waals surface area contributed by atoms with Crippen LogP contribution in [0.25, 0.3) is 0 Å². The van der Waals surface area contributed by atoms with Crippen LogP contribution in [0.2, 0.25) is 0 Å². The minimum Gasteiger partial charge on any atom is -0.368 e. The molecule has 0 fully saturated rings. The second-order valence-corrected chi connectivity index (χ2v) is 3.29. The first-order valence-corrected chi connectivity index (χ1v) is 3.66. The summed E-state index contributed by atoms with van der Waals surface area (Å²) in [5.74, 6) is 0.941. The van der Waals surface area contributed by atoms with Crippen molar-refractivity contribution in [2.75, 3.05) is 13.1 Å². The van der Waals surface area contributed by atoms with Gasteiger partial charge in [-0.05, 0) is 20.3 Å². The SMILES string of the molecule is CC1(C)CCN=C(CN)N1. The summed E-state index contributed by atoms with van der Waals surface area (Å²) in [6, 6.07) is 0. The summed E-state index contributed by atoms with van der Waals surface area (Å²) in [6.45, 7) is 5.77. The fourth-order valence-electron chi connectivity index (χ4n) is 1.08. The van der Waals surface area contributed by atoms with Gasteiger partial charge in [-0.2, -0.15) is 0 Å². The number of hydrogen-bond acceptors (Lipinski definition) is 3. The average Bonchev–Trinajstić information content (AvgIpc) is 1.86. The molecule has 0 aliphatic carbocycles. The van der Waals surface area contributed by atoms with E-state index in [2.05, 4.69) is 24.2 Å². The van der Waals surface area contributed by atoms with E-state index in [0.29, 0.717) is 6.54 Å². The van der Waals surface area contributed by atoms with Gasteiger partial charge in [0.05, 0.1) is 6.54 Å². The zero-order valence-corrected chi connectivity index (χ0v) is 6.65. The highest BCUT2D eigenvalue weighted by Gasteiger charge is 2.21. The van der Waals surface area contributed by atoms with Gasteiger partial charge in [0.1, 0.15) is 5.84 Å². The lowest BCUT2D eigenvalue weighted by molar-refractivity contribution is 0.412. The molecule has 0 aromatic heterocycles. The minimum absolute atomic E-state index is 0.191. The Morgan fingerprint density at radius 2 is 2.40 bits per heavy atom. The van der Waals surface area contributed by atoms with Gasteiger partial charge in [0.25, 0.3) is 0 Å². The molecule has 0 amide bonds. The van der Waals surface area contributed by atoms with Crippen molar-refractivity contribution >= 4 is 5.84 Å². The molecule has 0 aromatic carbocycles. The summed E-state index contributed by atoms with van der Waals surface area (Å²) in [5.41, 5.74) is 5.62. The molecule has 58 valence electrons. The normalized spacial score (nSPS) is 23.3. The van der Waals surface area contributed by atoms with E-state index >= 15 is 0 Å². The Bertz CT molecular complexity index is 149. The standard InChI is InChI=1S/C7H15N3/c1-7(2)3-4-9-6(5-8)10-7/h3-5,8H2,1-2H3,(H,9,10). The molecule has 1 rings (SSSR count). The topological polar surface area (TPSA) is 50.4 Å². The lowest BCUT2D eigenvalue weighted by Gasteiger charge is -2.31. The lowest BCUT2D eigenvalue weighted by Crippen LogP contribution is -2.49. The Kier molecular flexibility index (Phi) is 1.94. The first-order chi connectivity index (χ1) is 4.64. The van der Waals surface area contributed by atoms with Crippen molar-refractivity contribution in [1.82, 2.24) is 5.32 Å². The predicted molar refractivity (Wildman–Crippen MR) is 43.2 cm³/mol. The summed E-state index contributed by atoms with van der Waals surface area (Å²) in [5, 5.41) is 3.27. The molecule has 0 saturated heterocycles. The van der Waals surface area contributed by atoms with Crippen molar-refractivity contribution in [2.24, 2.45) is 10.7 Å². The molecule has 0 unspecified atom stereocenters. The van der Waals surface area contributed by atoms with Gasteiger partial charge < -0.3 is 11.1 Å². The van der Waals surface area contributed by atoms with Gasteiger partial charge in [-0.15, -0.1) is 0 Å². The van der Waals surface area contributed by atoms with E-state index in [1.54, 1.807) is 0 Å². The molecule has 0 bridgehead atoms. The molecule has 3 nitrogen and oxygen atoms in total. The van der Waals surface area contributed by atoms with E-state index < -0.39 is 0 Å². The second kappa shape index (κ2) is 2.58. The first-order valence-electron chi connectivity index (χ1n) is 3.66. The summed E-state index contributed by atoms with van der Waals surface area (Å²) in [7, 11) is 0. The number of nitrogens with two attached hydrogens (primary N) is 1. The number of nitrogens with zero attached hydrogens (tertiary/aromatic N) is 1. The Morgan fingerprint density at radius 3 is 2.80 bits per heavy atom. The third kappa shape index (κ3) is 1.70. The number of hydrogen-bond donors (Lipinski definition) is 2. The Balaban J connectivity index is 2.57. The molecule has 1 aliphatic rings. The van der Waals surface area contributed by atoms with Crippen molar-refractivity contribution in [1.29, 1.82) is 0 Å². The van der Waals surface area contributed by atoms with Crippen molar-refractivity contribution in [3.05, 3.63) is 0 Å². The van der Waals surface area contributed by atoms with Crippen molar-refractivity contribution in [3.8, 4) is 0 Å². The summed E-state index contributed by atoms with van der Waals surface area (Å²) in [6.07, 6.45) is 1.09. The zero-order chi connectivity index (χ0) is 7.61. The van der Waals surface area contributed by atoms with Crippen LogP contribution in [-0.4, -0.2) is 24.5 Å². The number of rotatable bonds is 1. The van der Waals surface area contributed by atoms with Crippen LogP contribution in [0, 0.1) is 0 Å². The molecule has 0 saturated carbocycles. The quantitative estimate of drug-likeness (QED) is 0.544. The van der Waals surface area contributed by atoms with Gasteiger partial charge in [-0.1, -0.05) is 0 Å². The third-order valence-electron chi connectivity index (χ3n) is 1.72. The van der Waals surface area contributed by atoms with Crippen LogP contribution in [0.5, 0.6) is 0 Å². The van der Waals surface area contributed by atoms with Crippen LogP contribution >= 0.6 is 0 Å². The summed E-state index contributed by atoms with van der Waals surface area (Å²) < 4.78 is 0. The maximum Gasteiger partial charge on any atom is 0.110 e. The first kappa shape index (κ1) is 7.54. The van der Waals surface area contributed by atoms with Crippen molar-refractivity contribution in [3.63, 3.8) is 0 Å². The van der Waals surface area contributed by atoms with E-state index in [1.807, 2.05) is 0 Å². The van der Waals surface area contributed by atoms with E-state index in [9.17, 15) is 0 Å². The maximum atomic E-state index is 5.43. The predicted octanol–water partition coefficient (Wildman–Crippen LogP) is 0.116. The highest BCUT2D eigenvalue weighted by molar-refractivity contribution is 5.85. The van der Waals surface area contributed by atoms with Gasteiger partial charge in [0, 0.05) is 12.1 Å². The van der Waals surface area contributed by atoms with Gasteiger partial charge in [0.2, 0.25) is 0 Å². The van der Waals surface area contributed by atoms with Crippen LogP contribution in [-0.2, 0) is 0 Å². The van der Waals surface area contributed by atoms with Gasteiger partial charge in [0.15, 0.2) is 0 Å². The molecule has 0 spiro atoms. The number of nitrogens with one attached hydrogen (secondary N) is 1. The second-order valence-electron chi connectivity index (χ2n) is 3.29. The molecule has 3 heteroatoms. The Hall–Kier alpha value is -0.570. The molecule has 3 N–H and O–H groups in total. The van der Waals surface area contributed by atoms with Crippen LogP contribution in [0.4, 0.5) is 0 Å². The van der Waals surface area contributed by atoms with Gasteiger partial charge in [-0.3, -0.25) is 4.99 Å². The van der Waals surface area contributed by atoms with E-state index in [-0.39, 0.29) is 5.54 Å². The number of aliphatic imine (C=N–C) groups is 1. The number of amidine groups is 1. The van der Waals surface area contributed by atoms with Gasteiger partial charge in [-0.25, -0.2) is 0 Å². The van der Waals surface area contributed by atoms with Crippen molar-refractivity contribution in [2.45, 2.75) is 25.8 Å². The van der Waals surface area contributed by atoms with Crippen LogP contribution < -0.4 is 11.1 Å². The Morgan fingerprint density at radius 1 is 1.70 bits per heavy atom. The zero-order valence-electron chi connectivity index (χ0n) is 6.65. The highest BCUT2D eigenvalue weighted by Crippen LogP contribution is 2.11. The van der Waals surface area contributed by atoms with E-state index in [0.717, 1.165) is 18.8 Å². The molecule has 1 aliphatic heterocycles. The lowest BCUT2D eigenvalue weighted by atomic mass is 9.99. The fourth-order valence-corrected chi connectivity index (χ4v) is 1.08. The fraction of sp³-hybridized carbons (Fsp3) is 0.857. The summed E-state index contributed by atoms with van der Waals surface area (Å²) >= 11 is 0.